The van der Waals surface area contributed by atoms with Crippen LogP contribution in [0.5, 0.6) is 0 Å². The summed E-state index contributed by atoms with van der Waals surface area (Å²) in [6.45, 7) is 12.8. The summed E-state index contributed by atoms with van der Waals surface area (Å²) in [5.74, 6) is 3.02. The molecule has 4 heterocycles. The number of thiophene rings is 1. The third kappa shape index (κ3) is 4.48. The minimum atomic E-state index is 0.448. The highest BCUT2D eigenvalue weighted by Gasteiger charge is 2.31. The highest BCUT2D eigenvalue weighted by atomic mass is 32.1. The number of aromatic nitrogens is 2. The van der Waals surface area contributed by atoms with E-state index in [4.69, 9.17) is 14.5 Å². The van der Waals surface area contributed by atoms with Crippen LogP contribution < -0.4 is 5.32 Å². The van der Waals surface area contributed by atoms with E-state index < -0.39 is 0 Å². The fraction of sp³-hybridized carbons (Fsp3) is 0.714. The molecular weight excluding hydrogens is 372 g/mol. The molecule has 2 aromatic heterocycles. The van der Waals surface area contributed by atoms with E-state index in [0.717, 1.165) is 75.4 Å². The minimum absolute atomic E-state index is 0.448. The minimum Gasteiger partial charge on any atom is -0.381 e. The van der Waals surface area contributed by atoms with Crippen molar-refractivity contribution in [2.45, 2.75) is 39.7 Å². The number of morpholine rings is 1. The first-order valence-electron chi connectivity index (χ1n) is 10.5. The summed E-state index contributed by atoms with van der Waals surface area (Å²) < 4.78 is 11.3. The molecular formula is C21H32N4O2S. The monoisotopic (exact) mass is 404 g/mol. The normalized spacial score (nSPS) is 22.2. The molecule has 7 heteroatoms. The smallest absolute Gasteiger partial charge is 0.138 e. The first-order chi connectivity index (χ1) is 13.6. The lowest BCUT2D eigenvalue weighted by atomic mass is 9.96. The molecule has 2 aliphatic heterocycles. The fourth-order valence-corrected chi connectivity index (χ4v) is 5.38. The molecule has 0 radical (unpaired) electrons. The largest absolute Gasteiger partial charge is 0.381 e. The summed E-state index contributed by atoms with van der Waals surface area (Å²) >= 11 is 1.73. The van der Waals surface area contributed by atoms with Gasteiger partial charge in [-0.1, -0.05) is 13.8 Å². The zero-order valence-corrected chi connectivity index (χ0v) is 18.1. The number of fused-ring (bicyclic) bond motifs is 1. The Balaban J connectivity index is 1.57. The average molecular weight is 405 g/mol. The van der Waals surface area contributed by atoms with Crippen LogP contribution >= 0.6 is 11.3 Å². The van der Waals surface area contributed by atoms with Gasteiger partial charge >= 0.3 is 0 Å². The Bertz CT molecular complexity index is 782. The summed E-state index contributed by atoms with van der Waals surface area (Å²) in [7, 11) is 0. The van der Waals surface area contributed by atoms with Gasteiger partial charge in [0.15, 0.2) is 0 Å². The predicted octanol–water partition coefficient (Wildman–Crippen LogP) is 3.35. The molecule has 0 bridgehead atoms. The topological polar surface area (TPSA) is 59.5 Å². The van der Waals surface area contributed by atoms with Crippen molar-refractivity contribution in [3.63, 3.8) is 0 Å². The number of nitrogens with zero attached hydrogens (tertiary/aromatic N) is 3. The van der Waals surface area contributed by atoms with Gasteiger partial charge in [0.1, 0.15) is 16.5 Å². The number of rotatable bonds is 7. The molecule has 4 rings (SSSR count). The number of ether oxygens (including phenoxy) is 2. The Morgan fingerprint density at radius 1 is 1.21 bits per heavy atom. The van der Waals surface area contributed by atoms with Crippen molar-refractivity contribution in [2.24, 2.45) is 11.8 Å². The van der Waals surface area contributed by atoms with Crippen molar-refractivity contribution < 1.29 is 9.47 Å². The van der Waals surface area contributed by atoms with Crippen molar-refractivity contribution in [3.8, 4) is 0 Å². The summed E-state index contributed by atoms with van der Waals surface area (Å²) in [6.07, 6.45) is 2.20. The lowest BCUT2D eigenvalue weighted by Gasteiger charge is -2.37. The molecule has 154 valence electrons. The number of hydrogen-bond donors (Lipinski definition) is 1. The van der Waals surface area contributed by atoms with Crippen molar-refractivity contribution >= 4 is 27.4 Å². The molecule has 2 aliphatic rings. The van der Waals surface area contributed by atoms with E-state index in [1.165, 1.54) is 10.9 Å². The van der Waals surface area contributed by atoms with Crippen molar-refractivity contribution in [2.75, 3.05) is 51.4 Å². The van der Waals surface area contributed by atoms with Crippen LogP contribution in [0.2, 0.25) is 0 Å². The van der Waals surface area contributed by atoms with Crippen LogP contribution in [0.3, 0.4) is 0 Å². The Labute approximate surface area is 171 Å². The molecule has 6 nitrogen and oxygen atoms in total. The predicted molar refractivity (Wildman–Crippen MR) is 114 cm³/mol. The summed E-state index contributed by atoms with van der Waals surface area (Å²) in [5.41, 5.74) is 1.37. The lowest BCUT2D eigenvalue weighted by Crippen LogP contribution is -2.50. The van der Waals surface area contributed by atoms with Gasteiger partial charge in [-0.3, -0.25) is 4.90 Å². The Morgan fingerprint density at radius 3 is 2.75 bits per heavy atom. The van der Waals surface area contributed by atoms with Gasteiger partial charge in [0.25, 0.3) is 0 Å². The molecule has 0 spiro atoms. The molecule has 2 atom stereocenters. The molecule has 2 saturated heterocycles. The molecule has 28 heavy (non-hydrogen) atoms. The van der Waals surface area contributed by atoms with E-state index >= 15 is 0 Å². The van der Waals surface area contributed by atoms with Gasteiger partial charge in [0.2, 0.25) is 0 Å². The highest BCUT2D eigenvalue weighted by Crippen LogP contribution is 2.32. The fourth-order valence-electron chi connectivity index (χ4n) is 4.39. The Morgan fingerprint density at radius 2 is 2.04 bits per heavy atom. The van der Waals surface area contributed by atoms with E-state index in [1.807, 2.05) is 6.92 Å². The molecule has 0 saturated carbocycles. The van der Waals surface area contributed by atoms with Crippen molar-refractivity contribution in [1.29, 1.82) is 0 Å². The molecule has 0 aliphatic carbocycles. The maximum atomic E-state index is 5.71. The second-order valence-electron chi connectivity index (χ2n) is 8.38. The zero-order chi connectivity index (χ0) is 19.5. The van der Waals surface area contributed by atoms with E-state index in [-0.39, 0.29) is 0 Å². The summed E-state index contributed by atoms with van der Waals surface area (Å²) in [6, 6.07) is 0.448. The number of nitrogens with one attached hydrogen (secondary N) is 1. The Hall–Kier alpha value is -1.28. The van der Waals surface area contributed by atoms with E-state index in [0.29, 0.717) is 17.9 Å². The molecule has 2 aromatic rings. The molecule has 2 fully saturated rings. The molecule has 2 unspecified atom stereocenters. The summed E-state index contributed by atoms with van der Waals surface area (Å²) in [5, 5.41) is 7.19. The SMILES string of the molecule is Cc1nc(NCC(C2CCOC2)N2CCOCC2)c2c(CC(C)C)csc2n1. The van der Waals surface area contributed by atoms with Crippen LogP contribution in [0.15, 0.2) is 5.38 Å². The van der Waals surface area contributed by atoms with E-state index in [2.05, 4.69) is 34.4 Å². The maximum absolute atomic E-state index is 5.71. The van der Waals surface area contributed by atoms with Crippen LogP contribution in [0.25, 0.3) is 10.2 Å². The van der Waals surface area contributed by atoms with Crippen LogP contribution in [0, 0.1) is 18.8 Å². The van der Waals surface area contributed by atoms with Gasteiger partial charge in [-0.05, 0) is 36.6 Å². The third-order valence-corrected chi connectivity index (χ3v) is 6.67. The first-order valence-corrected chi connectivity index (χ1v) is 11.4. The van der Waals surface area contributed by atoms with Gasteiger partial charge in [-0.2, -0.15) is 0 Å². The van der Waals surface area contributed by atoms with Crippen molar-refractivity contribution in [1.82, 2.24) is 14.9 Å². The highest BCUT2D eigenvalue weighted by molar-refractivity contribution is 7.17. The Kier molecular flexibility index (Phi) is 6.45. The average Bonchev–Trinajstić information content (AvgIpc) is 3.33. The van der Waals surface area contributed by atoms with Crippen LogP contribution in [0.4, 0.5) is 5.82 Å². The van der Waals surface area contributed by atoms with Gasteiger partial charge in [-0.15, -0.1) is 11.3 Å². The molecule has 1 N–H and O–H groups in total. The van der Waals surface area contributed by atoms with Crippen LogP contribution in [-0.2, 0) is 15.9 Å². The number of hydrogen-bond acceptors (Lipinski definition) is 7. The zero-order valence-electron chi connectivity index (χ0n) is 17.2. The van der Waals surface area contributed by atoms with E-state index in [1.54, 1.807) is 11.3 Å². The van der Waals surface area contributed by atoms with Gasteiger partial charge in [0, 0.05) is 38.2 Å². The number of aryl methyl sites for hydroxylation is 1. The maximum Gasteiger partial charge on any atom is 0.138 e. The van der Waals surface area contributed by atoms with Gasteiger partial charge in [-0.25, -0.2) is 9.97 Å². The van der Waals surface area contributed by atoms with Gasteiger partial charge < -0.3 is 14.8 Å². The second kappa shape index (κ2) is 9.03. The molecule has 0 amide bonds. The first kappa shape index (κ1) is 20.0. The van der Waals surface area contributed by atoms with E-state index in [9.17, 15) is 0 Å². The standard InChI is InChI=1S/C21H32N4O2S/c1-14(2)10-17-13-28-21-19(17)20(23-15(3)24-21)22-11-18(16-4-7-27-12-16)25-5-8-26-9-6-25/h13-14,16,18H,4-12H2,1-3H3,(H,22,23,24). The van der Waals surface area contributed by atoms with Crippen molar-refractivity contribution in [3.05, 3.63) is 16.8 Å². The third-order valence-electron chi connectivity index (χ3n) is 5.75. The second-order valence-corrected chi connectivity index (χ2v) is 9.24. The van der Waals surface area contributed by atoms with Crippen LogP contribution in [0.1, 0.15) is 31.7 Å². The quantitative estimate of drug-likeness (QED) is 0.764. The van der Waals surface area contributed by atoms with Crippen LogP contribution in [-0.4, -0.2) is 67.0 Å². The molecule has 0 aromatic carbocycles. The summed E-state index contributed by atoms with van der Waals surface area (Å²) in [4.78, 5) is 13.1. The number of anilines is 1. The van der Waals surface area contributed by atoms with Gasteiger partial charge in [0.05, 0.1) is 25.2 Å². The lowest BCUT2D eigenvalue weighted by molar-refractivity contribution is 0.00460.